The Morgan fingerprint density at radius 2 is 1.79 bits per heavy atom. The van der Waals surface area contributed by atoms with Crippen molar-refractivity contribution in [2.45, 2.75) is 6.54 Å². The van der Waals surface area contributed by atoms with Gasteiger partial charge < -0.3 is 10.0 Å². The first kappa shape index (κ1) is 18.3. The minimum atomic E-state index is -0.992. The maximum atomic E-state index is 11.4. The number of nitrogens with one attached hydrogen (secondary N) is 1. The molecule has 0 radical (unpaired) electrons. The molecular weight excluding hydrogens is 368 g/mol. The van der Waals surface area contributed by atoms with Crippen LogP contribution in [0.2, 0.25) is 0 Å². The summed E-state index contributed by atoms with van der Waals surface area (Å²) in [6.45, 7) is 0.532. The highest BCUT2D eigenvalue weighted by atomic mass is 16.4. The predicted octanol–water partition coefficient (Wildman–Crippen LogP) is 3.26. The Labute approximate surface area is 166 Å². The fourth-order valence-corrected chi connectivity index (χ4v) is 3.21. The van der Waals surface area contributed by atoms with Crippen LogP contribution in [0.4, 0.5) is 5.82 Å². The number of carboxylic acid groups (broad SMARTS) is 1. The third kappa shape index (κ3) is 3.81. The largest absolute Gasteiger partial charge is 0.478 e. The summed E-state index contributed by atoms with van der Waals surface area (Å²) in [6, 6.07) is 19.1. The van der Waals surface area contributed by atoms with E-state index in [4.69, 9.17) is 0 Å². The first-order chi connectivity index (χ1) is 14.1. The Hall–Kier alpha value is -4.07. The Morgan fingerprint density at radius 1 is 1.03 bits per heavy atom. The normalized spacial score (nSPS) is 10.7. The van der Waals surface area contributed by atoms with Gasteiger partial charge in [-0.1, -0.05) is 48.5 Å². The van der Waals surface area contributed by atoms with Gasteiger partial charge in [-0.3, -0.25) is 0 Å². The number of aromatic amines is 1. The van der Waals surface area contributed by atoms with E-state index in [0.717, 1.165) is 22.3 Å². The van der Waals surface area contributed by atoms with Crippen LogP contribution >= 0.6 is 0 Å². The van der Waals surface area contributed by atoms with E-state index in [1.807, 2.05) is 60.5 Å². The Bertz CT molecular complexity index is 1130. The van der Waals surface area contributed by atoms with Crippen molar-refractivity contribution in [2.24, 2.45) is 0 Å². The molecule has 0 spiro atoms. The average molecular weight is 386 g/mol. The lowest BCUT2D eigenvalue weighted by Crippen LogP contribution is -2.20. The van der Waals surface area contributed by atoms with Crippen LogP contribution in [0.25, 0.3) is 22.5 Å². The molecule has 0 amide bonds. The zero-order valence-electron chi connectivity index (χ0n) is 15.6. The third-order valence-electron chi connectivity index (χ3n) is 4.58. The van der Waals surface area contributed by atoms with Crippen molar-refractivity contribution in [3.8, 4) is 22.5 Å². The number of nitrogens with zero attached hydrogens (tertiary/aromatic N) is 5. The number of carbonyl (C=O) groups is 1. The Kier molecular flexibility index (Phi) is 4.98. The third-order valence-corrected chi connectivity index (χ3v) is 4.58. The molecule has 0 aliphatic carbocycles. The number of hydrogen-bond donors (Lipinski definition) is 2. The lowest BCUT2D eigenvalue weighted by atomic mass is 9.98. The van der Waals surface area contributed by atoms with Crippen LogP contribution in [0.3, 0.4) is 0 Å². The van der Waals surface area contributed by atoms with Crippen molar-refractivity contribution in [3.63, 3.8) is 0 Å². The zero-order chi connectivity index (χ0) is 20.2. The van der Waals surface area contributed by atoms with E-state index in [1.54, 1.807) is 18.3 Å². The van der Waals surface area contributed by atoms with E-state index in [-0.39, 0.29) is 5.56 Å². The Morgan fingerprint density at radius 3 is 2.48 bits per heavy atom. The molecule has 29 heavy (non-hydrogen) atoms. The second kappa shape index (κ2) is 7.89. The molecule has 0 bridgehead atoms. The van der Waals surface area contributed by atoms with Gasteiger partial charge in [0.25, 0.3) is 0 Å². The molecule has 8 nitrogen and oxygen atoms in total. The van der Waals surface area contributed by atoms with Crippen molar-refractivity contribution in [3.05, 3.63) is 78.0 Å². The van der Waals surface area contributed by atoms with Gasteiger partial charge in [0, 0.05) is 25.4 Å². The number of benzene rings is 2. The molecule has 2 heterocycles. The molecule has 2 aromatic heterocycles. The van der Waals surface area contributed by atoms with E-state index < -0.39 is 5.97 Å². The summed E-state index contributed by atoms with van der Waals surface area (Å²) in [4.78, 5) is 17.5. The van der Waals surface area contributed by atoms with Gasteiger partial charge in [0.05, 0.1) is 0 Å². The van der Waals surface area contributed by atoms with Crippen molar-refractivity contribution in [1.82, 2.24) is 25.6 Å². The highest BCUT2D eigenvalue weighted by Gasteiger charge is 2.15. The molecule has 2 aromatic carbocycles. The van der Waals surface area contributed by atoms with Crippen LogP contribution in [0, 0.1) is 0 Å². The number of aromatic carboxylic acids is 1. The fourth-order valence-electron chi connectivity index (χ4n) is 3.21. The van der Waals surface area contributed by atoms with Crippen LogP contribution in [-0.2, 0) is 6.54 Å². The smallest absolute Gasteiger partial charge is 0.339 e. The molecule has 4 rings (SSSR count). The highest BCUT2D eigenvalue weighted by molar-refractivity contribution is 5.93. The maximum absolute atomic E-state index is 11.4. The first-order valence-corrected chi connectivity index (χ1v) is 8.95. The van der Waals surface area contributed by atoms with Crippen LogP contribution in [0.5, 0.6) is 0 Å². The number of rotatable bonds is 6. The molecule has 0 atom stereocenters. The van der Waals surface area contributed by atoms with E-state index >= 15 is 0 Å². The van der Waals surface area contributed by atoms with Gasteiger partial charge in [0.2, 0.25) is 5.82 Å². The van der Waals surface area contributed by atoms with E-state index in [0.29, 0.717) is 18.2 Å². The van der Waals surface area contributed by atoms with Crippen LogP contribution in [-0.4, -0.2) is 43.7 Å². The second-order valence-corrected chi connectivity index (χ2v) is 6.51. The molecule has 4 aromatic rings. The second-order valence-electron chi connectivity index (χ2n) is 6.51. The highest BCUT2D eigenvalue weighted by Crippen LogP contribution is 2.30. The fraction of sp³-hybridized carbons (Fsp3) is 0.0952. The summed E-state index contributed by atoms with van der Waals surface area (Å²) in [5.41, 5.74) is 4.15. The number of aromatic nitrogens is 5. The molecule has 0 aliphatic rings. The summed E-state index contributed by atoms with van der Waals surface area (Å²) >= 11 is 0. The summed E-state index contributed by atoms with van der Waals surface area (Å²) in [5.74, 6) is -0.0133. The van der Waals surface area contributed by atoms with Gasteiger partial charge in [-0.05, 0) is 34.0 Å². The maximum Gasteiger partial charge on any atom is 0.339 e. The molecule has 144 valence electrons. The molecule has 2 N–H and O–H groups in total. The van der Waals surface area contributed by atoms with Crippen LogP contribution in [0.1, 0.15) is 15.9 Å². The number of H-pyrrole nitrogens is 1. The summed E-state index contributed by atoms with van der Waals surface area (Å²) < 4.78 is 0. The minimum absolute atomic E-state index is 0.181. The molecule has 0 saturated heterocycles. The van der Waals surface area contributed by atoms with Gasteiger partial charge in [-0.2, -0.15) is 5.21 Å². The quantitative estimate of drug-likeness (QED) is 0.523. The monoisotopic (exact) mass is 386 g/mol. The molecule has 0 aliphatic heterocycles. The summed E-state index contributed by atoms with van der Waals surface area (Å²) in [5, 5.41) is 23.6. The van der Waals surface area contributed by atoms with Crippen molar-refractivity contribution in [1.29, 1.82) is 0 Å². The Balaban J connectivity index is 1.58. The number of pyridine rings is 1. The molecule has 0 saturated carbocycles. The lowest BCUT2D eigenvalue weighted by molar-refractivity contribution is 0.0697. The minimum Gasteiger partial charge on any atom is -0.478 e. The van der Waals surface area contributed by atoms with Crippen molar-refractivity contribution < 1.29 is 9.90 Å². The van der Waals surface area contributed by atoms with Gasteiger partial charge in [-0.25, -0.2) is 9.78 Å². The van der Waals surface area contributed by atoms with Gasteiger partial charge in [-0.15, -0.1) is 10.2 Å². The average Bonchev–Trinajstić information content (AvgIpc) is 3.29. The van der Waals surface area contributed by atoms with E-state index in [9.17, 15) is 9.90 Å². The van der Waals surface area contributed by atoms with Gasteiger partial charge >= 0.3 is 5.97 Å². The number of carboxylic acids is 1. The van der Waals surface area contributed by atoms with Gasteiger partial charge in [0.15, 0.2) is 0 Å². The zero-order valence-corrected chi connectivity index (χ0v) is 15.6. The summed E-state index contributed by atoms with van der Waals surface area (Å²) in [6.07, 6.45) is 1.59. The van der Waals surface area contributed by atoms with E-state index in [1.165, 1.54) is 0 Å². The van der Waals surface area contributed by atoms with E-state index in [2.05, 4.69) is 25.6 Å². The predicted molar refractivity (Wildman–Crippen MR) is 108 cm³/mol. The number of hydrogen-bond acceptors (Lipinski definition) is 6. The summed E-state index contributed by atoms with van der Waals surface area (Å²) in [7, 11) is 1.83. The van der Waals surface area contributed by atoms with Crippen LogP contribution < -0.4 is 4.90 Å². The number of anilines is 1. The van der Waals surface area contributed by atoms with Crippen LogP contribution in [0.15, 0.2) is 66.9 Å². The molecule has 8 heteroatoms. The molecule has 0 unspecified atom stereocenters. The molecular formula is C21H18N6O2. The van der Waals surface area contributed by atoms with Crippen molar-refractivity contribution >= 4 is 11.8 Å². The first-order valence-electron chi connectivity index (χ1n) is 8.95. The van der Waals surface area contributed by atoms with Crippen molar-refractivity contribution in [2.75, 3.05) is 11.9 Å². The SMILES string of the molecule is CN(Cc1ccc(-c2ccccc2-c2nn[nH]n2)cc1)c1ncccc1C(=O)O. The topological polar surface area (TPSA) is 108 Å². The lowest BCUT2D eigenvalue weighted by Gasteiger charge is -2.20. The molecule has 0 fully saturated rings. The standard InChI is InChI=1S/C21H18N6O2/c1-27(20-18(21(28)29)7-4-12-22-20)13-14-8-10-15(11-9-14)16-5-2-3-6-17(16)19-23-25-26-24-19/h2-12H,13H2,1H3,(H,28,29)(H,23,24,25,26). The van der Waals surface area contributed by atoms with Gasteiger partial charge in [0.1, 0.15) is 11.4 Å². The number of tetrazole rings is 1.